The Kier molecular flexibility index (Phi) is 3.76. The highest BCUT2D eigenvalue weighted by Crippen LogP contribution is 2.23. The number of likely N-dealkylation sites (tertiary alicyclic amines) is 1. The fourth-order valence-corrected chi connectivity index (χ4v) is 2.42. The Morgan fingerprint density at radius 2 is 2.44 bits per heavy atom. The molecule has 96 valence electrons. The number of thiocarbonyl (C=S) groups is 1. The molecular formula is C12H15N3O2S. The van der Waals surface area contributed by atoms with Crippen molar-refractivity contribution in [3.8, 4) is 5.88 Å². The molecule has 2 heterocycles. The van der Waals surface area contributed by atoms with Gasteiger partial charge in [-0.2, -0.15) is 0 Å². The first-order valence-corrected chi connectivity index (χ1v) is 6.15. The van der Waals surface area contributed by atoms with Crippen LogP contribution in [0.2, 0.25) is 0 Å². The van der Waals surface area contributed by atoms with Crippen molar-refractivity contribution < 1.29 is 9.53 Å². The summed E-state index contributed by atoms with van der Waals surface area (Å²) in [4.78, 5) is 18.5. The molecule has 1 aromatic rings. The number of ether oxygens (including phenoxy) is 1. The van der Waals surface area contributed by atoms with Crippen LogP contribution in [0.3, 0.4) is 0 Å². The molecule has 0 spiro atoms. The maximum absolute atomic E-state index is 12.4. The van der Waals surface area contributed by atoms with Gasteiger partial charge >= 0.3 is 0 Å². The number of nitrogens with two attached hydrogens (primary N) is 1. The summed E-state index contributed by atoms with van der Waals surface area (Å²) in [7, 11) is 1.49. The van der Waals surface area contributed by atoms with E-state index in [1.165, 1.54) is 7.11 Å². The number of carbonyl (C=O) groups is 1. The van der Waals surface area contributed by atoms with Crippen LogP contribution < -0.4 is 10.5 Å². The van der Waals surface area contributed by atoms with E-state index >= 15 is 0 Å². The van der Waals surface area contributed by atoms with Crippen molar-refractivity contribution in [3.05, 3.63) is 23.9 Å². The van der Waals surface area contributed by atoms with E-state index in [0.29, 0.717) is 23.0 Å². The molecular weight excluding hydrogens is 250 g/mol. The summed E-state index contributed by atoms with van der Waals surface area (Å²) in [6.45, 7) is 0.666. The summed E-state index contributed by atoms with van der Waals surface area (Å²) in [6, 6.07) is 3.25. The van der Waals surface area contributed by atoms with Gasteiger partial charge in [0.2, 0.25) is 5.88 Å². The predicted molar refractivity (Wildman–Crippen MR) is 71.6 cm³/mol. The summed E-state index contributed by atoms with van der Waals surface area (Å²) in [5.74, 6) is 0.200. The van der Waals surface area contributed by atoms with Crippen LogP contribution in [0.1, 0.15) is 23.2 Å². The zero-order chi connectivity index (χ0) is 13.1. The highest BCUT2D eigenvalue weighted by molar-refractivity contribution is 7.80. The van der Waals surface area contributed by atoms with E-state index in [1.54, 1.807) is 23.2 Å². The zero-order valence-corrected chi connectivity index (χ0v) is 10.9. The third-order valence-corrected chi connectivity index (χ3v) is 3.31. The molecule has 5 nitrogen and oxygen atoms in total. The normalized spacial score (nSPS) is 18.7. The SMILES string of the molecule is COc1ncccc1C(=O)N1CCCC1C(N)=S. The smallest absolute Gasteiger partial charge is 0.259 e. The van der Waals surface area contributed by atoms with E-state index in [0.717, 1.165) is 12.8 Å². The minimum absolute atomic E-state index is 0.129. The molecule has 1 unspecified atom stereocenters. The summed E-state index contributed by atoms with van der Waals surface area (Å²) in [5, 5.41) is 0. The zero-order valence-electron chi connectivity index (χ0n) is 10.1. The molecule has 0 saturated carbocycles. The second kappa shape index (κ2) is 5.30. The first-order chi connectivity index (χ1) is 8.65. The van der Waals surface area contributed by atoms with Crippen LogP contribution in [-0.2, 0) is 0 Å². The average Bonchev–Trinajstić information content (AvgIpc) is 2.87. The fourth-order valence-electron chi connectivity index (χ4n) is 2.18. The maximum atomic E-state index is 12.4. The average molecular weight is 265 g/mol. The highest BCUT2D eigenvalue weighted by Gasteiger charge is 2.32. The number of hydrogen-bond acceptors (Lipinski definition) is 4. The standard InChI is InChI=1S/C12H15N3O2S/c1-17-11-8(4-2-6-14-11)12(16)15-7-3-5-9(15)10(13)18/h2,4,6,9H,3,5,7H2,1H3,(H2,13,18). The molecule has 2 N–H and O–H groups in total. The van der Waals surface area contributed by atoms with Crippen LogP contribution in [0, 0.1) is 0 Å². The monoisotopic (exact) mass is 265 g/mol. The quantitative estimate of drug-likeness (QED) is 0.825. The largest absolute Gasteiger partial charge is 0.480 e. The summed E-state index contributed by atoms with van der Waals surface area (Å²) in [6.07, 6.45) is 3.32. The van der Waals surface area contributed by atoms with Crippen LogP contribution in [0.25, 0.3) is 0 Å². The molecule has 1 fully saturated rings. The van der Waals surface area contributed by atoms with E-state index < -0.39 is 0 Å². The summed E-state index contributed by atoms with van der Waals surface area (Å²) in [5.41, 5.74) is 6.11. The van der Waals surface area contributed by atoms with Gasteiger partial charge in [0.05, 0.1) is 18.1 Å². The Morgan fingerprint density at radius 1 is 1.67 bits per heavy atom. The van der Waals surface area contributed by atoms with Crippen LogP contribution in [0.5, 0.6) is 5.88 Å². The van der Waals surface area contributed by atoms with Gasteiger partial charge < -0.3 is 15.4 Å². The van der Waals surface area contributed by atoms with Crippen LogP contribution in [0.4, 0.5) is 0 Å². The van der Waals surface area contributed by atoms with Gasteiger partial charge in [-0.05, 0) is 25.0 Å². The van der Waals surface area contributed by atoms with Crippen molar-refractivity contribution in [2.75, 3.05) is 13.7 Å². The van der Waals surface area contributed by atoms with E-state index in [2.05, 4.69) is 4.98 Å². The number of pyridine rings is 1. The molecule has 1 amide bonds. The first kappa shape index (κ1) is 12.8. The Bertz CT molecular complexity index is 478. The van der Waals surface area contributed by atoms with Crippen LogP contribution >= 0.6 is 12.2 Å². The Morgan fingerprint density at radius 3 is 3.11 bits per heavy atom. The van der Waals surface area contributed by atoms with Gasteiger partial charge in [0.1, 0.15) is 5.56 Å². The summed E-state index contributed by atoms with van der Waals surface area (Å²) >= 11 is 5.00. The molecule has 6 heteroatoms. The number of aromatic nitrogens is 1. The predicted octanol–water partition coefficient (Wildman–Crippen LogP) is 0.981. The van der Waals surface area contributed by atoms with Crippen molar-refractivity contribution >= 4 is 23.1 Å². The van der Waals surface area contributed by atoms with E-state index in [9.17, 15) is 4.79 Å². The van der Waals surface area contributed by atoms with Crippen molar-refractivity contribution in [2.24, 2.45) is 5.73 Å². The fraction of sp³-hybridized carbons (Fsp3) is 0.417. The molecule has 0 radical (unpaired) electrons. The van der Waals surface area contributed by atoms with E-state index in [4.69, 9.17) is 22.7 Å². The van der Waals surface area contributed by atoms with Crippen molar-refractivity contribution in [1.82, 2.24) is 9.88 Å². The lowest BCUT2D eigenvalue weighted by atomic mass is 10.2. The number of nitrogens with zero attached hydrogens (tertiary/aromatic N) is 2. The minimum atomic E-state index is -0.155. The summed E-state index contributed by atoms with van der Waals surface area (Å²) < 4.78 is 5.10. The van der Waals surface area contributed by atoms with Crippen molar-refractivity contribution in [1.29, 1.82) is 0 Å². The second-order valence-corrected chi connectivity index (χ2v) is 4.59. The topological polar surface area (TPSA) is 68.5 Å². The van der Waals surface area contributed by atoms with Gasteiger partial charge in [-0.15, -0.1) is 0 Å². The number of carbonyl (C=O) groups excluding carboxylic acids is 1. The Hall–Kier alpha value is -1.69. The Balaban J connectivity index is 2.28. The molecule has 1 atom stereocenters. The number of hydrogen-bond donors (Lipinski definition) is 1. The molecule has 0 bridgehead atoms. The second-order valence-electron chi connectivity index (χ2n) is 4.12. The van der Waals surface area contributed by atoms with Crippen molar-refractivity contribution in [3.63, 3.8) is 0 Å². The van der Waals surface area contributed by atoms with Gasteiger partial charge in [0.25, 0.3) is 5.91 Å². The third kappa shape index (κ3) is 2.28. The van der Waals surface area contributed by atoms with Gasteiger partial charge in [-0.3, -0.25) is 4.79 Å². The number of rotatable bonds is 3. The maximum Gasteiger partial charge on any atom is 0.259 e. The molecule has 1 aliphatic heterocycles. The molecule has 1 aliphatic rings. The van der Waals surface area contributed by atoms with Gasteiger partial charge in [0, 0.05) is 12.7 Å². The van der Waals surface area contributed by atoms with Gasteiger partial charge in [-0.25, -0.2) is 4.98 Å². The van der Waals surface area contributed by atoms with Gasteiger partial charge in [-0.1, -0.05) is 12.2 Å². The molecule has 18 heavy (non-hydrogen) atoms. The number of methoxy groups -OCH3 is 1. The van der Waals surface area contributed by atoms with Crippen molar-refractivity contribution in [2.45, 2.75) is 18.9 Å². The van der Waals surface area contributed by atoms with Crippen LogP contribution in [-0.4, -0.2) is 40.5 Å². The first-order valence-electron chi connectivity index (χ1n) is 5.74. The lowest BCUT2D eigenvalue weighted by Crippen LogP contribution is -2.43. The molecule has 0 aliphatic carbocycles. The van der Waals surface area contributed by atoms with Gasteiger partial charge in [0.15, 0.2) is 0 Å². The lowest BCUT2D eigenvalue weighted by Gasteiger charge is -2.24. The molecule has 1 saturated heterocycles. The van der Waals surface area contributed by atoms with E-state index in [-0.39, 0.29) is 11.9 Å². The molecule has 1 aromatic heterocycles. The van der Waals surface area contributed by atoms with Crippen LogP contribution in [0.15, 0.2) is 18.3 Å². The highest BCUT2D eigenvalue weighted by atomic mass is 32.1. The third-order valence-electron chi connectivity index (χ3n) is 3.04. The molecule has 2 rings (SSSR count). The van der Waals surface area contributed by atoms with E-state index in [1.807, 2.05) is 0 Å². The molecule has 0 aromatic carbocycles. The Labute approximate surface area is 111 Å². The number of amides is 1. The minimum Gasteiger partial charge on any atom is -0.480 e. The lowest BCUT2D eigenvalue weighted by molar-refractivity contribution is 0.0766.